The van der Waals surface area contributed by atoms with Crippen LogP contribution in [0.1, 0.15) is 0 Å². The van der Waals surface area contributed by atoms with E-state index in [1.165, 1.54) is 0 Å². The number of halogens is 7. The van der Waals surface area contributed by atoms with Gasteiger partial charge in [-0.1, -0.05) is 0 Å². The summed E-state index contributed by atoms with van der Waals surface area (Å²) in [5.41, 5.74) is 0. The molecule has 0 rings (SSSR count). The molecule has 0 heterocycles. The van der Waals surface area contributed by atoms with Crippen molar-refractivity contribution in [3.8, 4) is 0 Å². The molecule has 0 spiro atoms. The van der Waals surface area contributed by atoms with Crippen LogP contribution in [0.15, 0.2) is 0 Å². The molecule has 0 atom stereocenters. The first-order valence-electron chi connectivity index (χ1n) is 1.47. The van der Waals surface area contributed by atoms with E-state index in [9.17, 15) is 8.39 Å². The Morgan fingerprint density at radius 1 is 1.11 bits per heavy atom. The molecule has 0 aliphatic heterocycles. The molecule has 0 aromatic carbocycles. The Morgan fingerprint density at radius 2 is 1.22 bits per heavy atom. The number of hydrogen-bond acceptors (Lipinski definition) is 0. The molecular weight excluding hydrogens is 347 g/mol. The van der Waals surface area contributed by atoms with E-state index in [-0.39, 0.29) is 0 Å². The second-order valence-electron chi connectivity index (χ2n) is 1.19. The molecule has 0 aliphatic carbocycles. The van der Waals surface area contributed by atoms with Gasteiger partial charge < -0.3 is 0 Å². The van der Waals surface area contributed by atoms with Crippen molar-refractivity contribution in [2.75, 3.05) is 0 Å². The van der Waals surface area contributed by atoms with E-state index in [0.717, 1.165) is 0 Å². The van der Waals surface area contributed by atoms with Gasteiger partial charge in [-0.15, -0.1) is 0 Å². The SMILES string of the molecule is FP(F)(Br)(Br)C(Cl)(Cl)Cl. The summed E-state index contributed by atoms with van der Waals surface area (Å²) < 4.78 is 17.0. The third-order valence-corrected chi connectivity index (χ3v) is 10.7. The second kappa shape index (κ2) is 2.56. The van der Waals surface area contributed by atoms with Crippen molar-refractivity contribution in [1.82, 2.24) is 0 Å². The number of rotatable bonds is 0. The summed E-state index contributed by atoms with van der Waals surface area (Å²) in [6.07, 6.45) is 0. The van der Waals surface area contributed by atoms with Crippen LogP contribution in [-0.2, 0) is 0 Å². The molecule has 0 aliphatic rings. The average Bonchev–Trinajstić information content (AvgIpc) is 1.20. The van der Waals surface area contributed by atoms with Crippen LogP contribution < -0.4 is 0 Å². The monoisotopic (exact) mass is 344 g/mol. The summed E-state index contributed by atoms with van der Waals surface area (Å²) in [6, 6.07) is 0. The second-order valence-corrected chi connectivity index (χ2v) is 16.7. The zero-order valence-corrected chi connectivity index (χ0v) is 9.93. The van der Waals surface area contributed by atoms with Crippen LogP contribution in [0.25, 0.3) is 0 Å². The van der Waals surface area contributed by atoms with Gasteiger partial charge in [0, 0.05) is 0 Å². The molecule has 0 N–H and O–H groups in total. The van der Waals surface area contributed by atoms with Crippen molar-refractivity contribution < 1.29 is 8.39 Å². The van der Waals surface area contributed by atoms with Gasteiger partial charge in [0.05, 0.1) is 0 Å². The molecule has 0 nitrogen and oxygen atoms in total. The number of alkyl halides is 3. The first-order valence-corrected chi connectivity index (χ1v) is 8.66. The predicted octanol–water partition coefficient (Wildman–Crippen LogP) is 5.26. The van der Waals surface area contributed by atoms with Gasteiger partial charge >= 0.3 is 82.3 Å². The fraction of sp³-hybridized carbons (Fsp3) is 1.00. The number of hydrogen-bond donors (Lipinski definition) is 0. The molecule has 9 heavy (non-hydrogen) atoms. The Hall–Kier alpha value is 2.12. The van der Waals surface area contributed by atoms with Crippen molar-refractivity contribution in [2.45, 2.75) is 3.53 Å². The molecule has 0 bridgehead atoms. The summed E-state index contributed by atoms with van der Waals surface area (Å²) in [6.45, 7) is 0. The van der Waals surface area contributed by atoms with E-state index >= 15 is 0 Å². The van der Waals surface area contributed by atoms with E-state index in [0.29, 0.717) is 0 Å². The van der Waals surface area contributed by atoms with Gasteiger partial charge in [-0.25, -0.2) is 0 Å². The van der Waals surface area contributed by atoms with Crippen LogP contribution >= 0.6 is 70.4 Å². The summed E-state index contributed by atoms with van der Waals surface area (Å²) >= 11 is 18.7. The van der Waals surface area contributed by atoms with Crippen LogP contribution in [0.5, 0.6) is 0 Å². The van der Waals surface area contributed by atoms with Crippen molar-refractivity contribution in [2.24, 2.45) is 0 Å². The third-order valence-electron chi connectivity index (χ3n) is 0.383. The van der Waals surface area contributed by atoms with Crippen LogP contribution in [-0.4, -0.2) is 3.53 Å². The van der Waals surface area contributed by atoms with E-state index in [1.54, 1.807) is 0 Å². The van der Waals surface area contributed by atoms with Crippen LogP contribution in [0.2, 0.25) is 0 Å². The van der Waals surface area contributed by atoms with Gasteiger partial charge in [-0.3, -0.25) is 0 Å². The van der Waals surface area contributed by atoms with Gasteiger partial charge in [-0.05, 0) is 0 Å². The van der Waals surface area contributed by atoms with Crippen LogP contribution in [0, 0.1) is 0 Å². The first-order chi connectivity index (χ1) is 3.51. The van der Waals surface area contributed by atoms with Gasteiger partial charge in [0.25, 0.3) is 0 Å². The fourth-order valence-electron chi connectivity index (χ4n) is 0. The molecule has 0 aromatic heterocycles. The maximum atomic E-state index is 12.5. The Bertz CT molecular complexity index is 115. The summed E-state index contributed by atoms with van der Waals surface area (Å²) in [5, 5.41) is 0. The van der Waals surface area contributed by atoms with Crippen molar-refractivity contribution >= 4 is 70.4 Å². The molecule has 0 saturated carbocycles. The Balaban J connectivity index is 4.56. The first kappa shape index (κ1) is 11.1. The fourth-order valence-corrected chi connectivity index (χ4v) is 0. The topological polar surface area (TPSA) is 0 Å². The third kappa shape index (κ3) is 3.35. The Morgan fingerprint density at radius 3 is 1.22 bits per heavy atom. The minimum atomic E-state index is -5.39. The van der Waals surface area contributed by atoms with E-state index < -0.39 is 8.16 Å². The zero-order valence-electron chi connectivity index (χ0n) is 3.59. The van der Waals surface area contributed by atoms with Gasteiger partial charge in [-0.2, -0.15) is 0 Å². The van der Waals surface area contributed by atoms with Crippen molar-refractivity contribution in [3.63, 3.8) is 0 Å². The average molecular weight is 347 g/mol. The Kier molecular flexibility index (Phi) is 3.17. The van der Waals surface area contributed by atoms with Gasteiger partial charge in [0.2, 0.25) is 0 Å². The van der Waals surface area contributed by atoms with Crippen LogP contribution in [0.4, 0.5) is 8.39 Å². The van der Waals surface area contributed by atoms with E-state index in [1.807, 2.05) is 31.0 Å². The predicted molar refractivity (Wildman–Crippen MR) is 47.3 cm³/mol. The van der Waals surface area contributed by atoms with Crippen LogP contribution in [0.3, 0.4) is 0 Å². The van der Waals surface area contributed by atoms with Gasteiger partial charge in [0.15, 0.2) is 0 Å². The molecule has 0 amide bonds. The Labute approximate surface area is 81.9 Å². The molecule has 0 unspecified atom stereocenters. The molecule has 58 valence electrons. The molecular formula is CBr2Cl3F2P. The van der Waals surface area contributed by atoms with Crippen molar-refractivity contribution in [1.29, 1.82) is 0 Å². The molecule has 0 fully saturated rings. The standard InChI is InChI=1S/CBr2Cl3F2P/c2-9(3,7,8)1(4,5)6. The quantitative estimate of drug-likeness (QED) is 0.414. The normalized spacial score (nSPS) is 18.8. The molecule has 8 heteroatoms. The van der Waals surface area contributed by atoms with Crippen molar-refractivity contribution in [3.05, 3.63) is 0 Å². The maximum absolute atomic E-state index is 12.5. The van der Waals surface area contributed by atoms with E-state index in [2.05, 4.69) is 0 Å². The minimum absolute atomic E-state index is 2.02. The zero-order chi connectivity index (χ0) is 7.95. The van der Waals surface area contributed by atoms with Gasteiger partial charge in [0.1, 0.15) is 0 Å². The van der Waals surface area contributed by atoms with E-state index in [4.69, 9.17) is 34.8 Å². The molecule has 0 saturated heterocycles. The summed E-state index contributed by atoms with van der Waals surface area (Å²) in [4.78, 5) is 0. The summed E-state index contributed by atoms with van der Waals surface area (Å²) in [5.74, 6) is 0. The summed E-state index contributed by atoms with van der Waals surface area (Å²) in [7, 11) is 0. The molecule has 0 radical (unpaired) electrons. The molecule has 0 aromatic rings.